The third kappa shape index (κ3) is 3.22. The quantitative estimate of drug-likeness (QED) is 0.726. The average Bonchev–Trinajstić information content (AvgIpc) is 2.62. The van der Waals surface area contributed by atoms with Crippen LogP contribution in [0.3, 0.4) is 0 Å². The summed E-state index contributed by atoms with van der Waals surface area (Å²) in [5, 5.41) is 21.1. The van der Waals surface area contributed by atoms with Crippen molar-refractivity contribution in [3.8, 4) is 5.75 Å². The van der Waals surface area contributed by atoms with Crippen LogP contribution >= 0.6 is 0 Å². The molecular formula is C14H21NO3. The second-order valence-electron chi connectivity index (χ2n) is 5.45. The molecule has 100 valence electrons. The number of ether oxygens (including phenoxy) is 1. The minimum Gasteiger partial charge on any atom is -0.487 e. The molecule has 1 aliphatic rings. The molecule has 1 aromatic carbocycles. The summed E-state index contributed by atoms with van der Waals surface area (Å²) in [5.41, 5.74) is 2.30. The molecule has 0 aromatic heterocycles. The minimum atomic E-state index is -0.693. The van der Waals surface area contributed by atoms with E-state index in [2.05, 4.69) is 25.2 Å². The Morgan fingerprint density at radius 2 is 2.22 bits per heavy atom. The molecule has 3 N–H and O–H groups in total. The monoisotopic (exact) mass is 251 g/mol. The van der Waals surface area contributed by atoms with Crippen molar-refractivity contribution in [1.29, 1.82) is 0 Å². The van der Waals surface area contributed by atoms with E-state index in [0.29, 0.717) is 13.1 Å². The van der Waals surface area contributed by atoms with Gasteiger partial charge in [0.25, 0.3) is 0 Å². The normalized spacial score (nSPS) is 18.2. The number of nitrogens with one attached hydrogen (secondary N) is 1. The van der Waals surface area contributed by atoms with Crippen molar-refractivity contribution in [3.05, 3.63) is 29.3 Å². The molecule has 4 heteroatoms. The predicted molar refractivity (Wildman–Crippen MR) is 69.7 cm³/mol. The van der Waals surface area contributed by atoms with Gasteiger partial charge in [0.1, 0.15) is 11.4 Å². The molecule has 1 aromatic rings. The van der Waals surface area contributed by atoms with E-state index in [1.54, 1.807) is 0 Å². The van der Waals surface area contributed by atoms with Gasteiger partial charge in [-0.2, -0.15) is 0 Å². The van der Waals surface area contributed by atoms with Crippen LogP contribution in [0.2, 0.25) is 0 Å². The second-order valence-corrected chi connectivity index (χ2v) is 5.45. The van der Waals surface area contributed by atoms with Gasteiger partial charge in [-0.1, -0.05) is 12.1 Å². The van der Waals surface area contributed by atoms with E-state index in [1.807, 2.05) is 12.1 Å². The van der Waals surface area contributed by atoms with Crippen molar-refractivity contribution < 1.29 is 14.9 Å². The molecule has 1 heterocycles. The standard InChI is InChI=1S/C14H21NO3/c1-14(2)6-11-5-10(3-4-13(11)18-14)7-15-8-12(17)9-16/h3-5,12,15-17H,6-9H2,1-2H3. The number of hydrogen-bond donors (Lipinski definition) is 3. The highest BCUT2D eigenvalue weighted by atomic mass is 16.5. The molecule has 18 heavy (non-hydrogen) atoms. The summed E-state index contributed by atoms with van der Waals surface area (Å²) in [6.07, 6.45) is 0.233. The Kier molecular flexibility index (Phi) is 3.90. The Labute approximate surface area is 108 Å². The number of hydrogen-bond acceptors (Lipinski definition) is 4. The van der Waals surface area contributed by atoms with E-state index in [1.165, 1.54) is 11.1 Å². The zero-order valence-corrected chi connectivity index (χ0v) is 10.9. The zero-order chi connectivity index (χ0) is 13.2. The molecule has 1 aliphatic heterocycles. The van der Waals surface area contributed by atoms with Crippen molar-refractivity contribution >= 4 is 0 Å². The van der Waals surface area contributed by atoms with Gasteiger partial charge in [-0.15, -0.1) is 0 Å². The number of benzene rings is 1. The number of aliphatic hydroxyl groups excluding tert-OH is 2. The third-order valence-electron chi connectivity index (χ3n) is 3.05. The Hall–Kier alpha value is -1.10. The third-order valence-corrected chi connectivity index (χ3v) is 3.05. The Morgan fingerprint density at radius 3 is 2.94 bits per heavy atom. The summed E-state index contributed by atoms with van der Waals surface area (Å²) in [4.78, 5) is 0. The minimum absolute atomic E-state index is 0.110. The highest BCUT2D eigenvalue weighted by Crippen LogP contribution is 2.35. The van der Waals surface area contributed by atoms with Gasteiger partial charge in [-0.3, -0.25) is 0 Å². The van der Waals surface area contributed by atoms with E-state index >= 15 is 0 Å². The molecule has 2 rings (SSSR count). The fourth-order valence-corrected chi connectivity index (χ4v) is 2.22. The lowest BCUT2D eigenvalue weighted by molar-refractivity contribution is 0.0942. The van der Waals surface area contributed by atoms with Gasteiger partial charge >= 0.3 is 0 Å². The molecule has 0 amide bonds. The Morgan fingerprint density at radius 1 is 1.44 bits per heavy atom. The van der Waals surface area contributed by atoms with Gasteiger partial charge in [0.05, 0.1) is 12.7 Å². The topological polar surface area (TPSA) is 61.7 Å². The van der Waals surface area contributed by atoms with Crippen LogP contribution in [-0.4, -0.2) is 35.1 Å². The first-order chi connectivity index (χ1) is 8.50. The van der Waals surface area contributed by atoms with Crippen LogP contribution in [0.1, 0.15) is 25.0 Å². The number of rotatable bonds is 5. The summed E-state index contributed by atoms with van der Waals surface area (Å²) >= 11 is 0. The summed E-state index contributed by atoms with van der Waals surface area (Å²) in [6, 6.07) is 6.17. The molecular weight excluding hydrogens is 230 g/mol. The predicted octanol–water partition coefficient (Wildman–Crippen LogP) is 0.843. The van der Waals surface area contributed by atoms with E-state index in [4.69, 9.17) is 9.84 Å². The fraction of sp³-hybridized carbons (Fsp3) is 0.571. The Balaban J connectivity index is 1.93. The lowest BCUT2D eigenvalue weighted by atomic mass is 10.0. The first kappa shape index (κ1) is 13.3. The van der Waals surface area contributed by atoms with E-state index < -0.39 is 6.10 Å². The lowest BCUT2D eigenvalue weighted by Gasteiger charge is -2.16. The van der Waals surface area contributed by atoms with Crippen LogP contribution in [0, 0.1) is 0 Å². The van der Waals surface area contributed by atoms with Crippen LogP contribution in [0.5, 0.6) is 5.75 Å². The molecule has 0 radical (unpaired) electrons. The highest BCUT2D eigenvalue weighted by molar-refractivity contribution is 5.41. The largest absolute Gasteiger partial charge is 0.487 e. The van der Waals surface area contributed by atoms with Crippen LogP contribution in [0.4, 0.5) is 0 Å². The van der Waals surface area contributed by atoms with E-state index in [0.717, 1.165) is 12.2 Å². The molecule has 0 aliphatic carbocycles. The van der Waals surface area contributed by atoms with Crippen LogP contribution in [-0.2, 0) is 13.0 Å². The van der Waals surface area contributed by atoms with Gasteiger partial charge in [-0.25, -0.2) is 0 Å². The van der Waals surface area contributed by atoms with Gasteiger partial charge in [0.2, 0.25) is 0 Å². The molecule has 0 bridgehead atoms. The first-order valence-electron chi connectivity index (χ1n) is 6.30. The van der Waals surface area contributed by atoms with Crippen LogP contribution in [0.25, 0.3) is 0 Å². The maximum Gasteiger partial charge on any atom is 0.123 e. The lowest BCUT2D eigenvalue weighted by Crippen LogP contribution is -2.28. The second kappa shape index (κ2) is 5.26. The van der Waals surface area contributed by atoms with Crippen LogP contribution < -0.4 is 10.1 Å². The molecule has 1 unspecified atom stereocenters. The summed E-state index contributed by atoms with van der Waals surface area (Å²) in [7, 11) is 0. The highest BCUT2D eigenvalue weighted by Gasteiger charge is 2.29. The molecule has 0 saturated heterocycles. The molecule has 0 fully saturated rings. The molecule has 4 nitrogen and oxygen atoms in total. The van der Waals surface area contributed by atoms with Crippen molar-refractivity contribution in [2.75, 3.05) is 13.2 Å². The van der Waals surface area contributed by atoms with Gasteiger partial charge in [0, 0.05) is 19.5 Å². The van der Waals surface area contributed by atoms with E-state index in [-0.39, 0.29) is 12.2 Å². The van der Waals surface area contributed by atoms with Crippen molar-refractivity contribution in [2.24, 2.45) is 0 Å². The summed E-state index contributed by atoms with van der Waals surface area (Å²) < 4.78 is 5.82. The van der Waals surface area contributed by atoms with Gasteiger partial charge < -0.3 is 20.3 Å². The Bertz CT molecular complexity index is 418. The number of aliphatic hydroxyl groups is 2. The fourth-order valence-electron chi connectivity index (χ4n) is 2.22. The molecule has 0 spiro atoms. The van der Waals surface area contributed by atoms with Crippen molar-refractivity contribution in [1.82, 2.24) is 5.32 Å². The maximum atomic E-state index is 9.23. The van der Waals surface area contributed by atoms with Gasteiger partial charge in [0.15, 0.2) is 0 Å². The first-order valence-corrected chi connectivity index (χ1v) is 6.30. The van der Waals surface area contributed by atoms with Crippen LogP contribution in [0.15, 0.2) is 18.2 Å². The van der Waals surface area contributed by atoms with Crippen molar-refractivity contribution in [2.45, 2.75) is 38.5 Å². The van der Waals surface area contributed by atoms with E-state index in [9.17, 15) is 5.11 Å². The average molecular weight is 251 g/mol. The zero-order valence-electron chi connectivity index (χ0n) is 10.9. The maximum absolute atomic E-state index is 9.23. The summed E-state index contributed by atoms with van der Waals surface area (Å²) in [5.74, 6) is 0.971. The van der Waals surface area contributed by atoms with Crippen molar-refractivity contribution in [3.63, 3.8) is 0 Å². The summed E-state index contributed by atoms with van der Waals surface area (Å²) in [6.45, 7) is 5.05. The number of fused-ring (bicyclic) bond motifs is 1. The smallest absolute Gasteiger partial charge is 0.123 e. The van der Waals surface area contributed by atoms with Gasteiger partial charge in [-0.05, 0) is 31.0 Å². The SMILES string of the molecule is CC1(C)Cc2cc(CNCC(O)CO)ccc2O1. The molecule has 1 atom stereocenters. The molecule has 0 saturated carbocycles.